The van der Waals surface area contributed by atoms with Crippen LogP contribution in [0.15, 0.2) is 10.9 Å². The summed E-state index contributed by atoms with van der Waals surface area (Å²) in [4.78, 5) is 4.01. The molecule has 1 spiro atoms. The van der Waals surface area contributed by atoms with Gasteiger partial charge in [-0.2, -0.15) is 16.7 Å². The minimum atomic E-state index is 0.137. The third-order valence-electron chi connectivity index (χ3n) is 3.52. The molecule has 2 aliphatic rings. The Hall–Kier alpha value is -0.590. The first-order chi connectivity index (χ1) is 8.36. The summed E-state index contributed by atoms with van der Waals surface area (Å²) in [6.07, 6.45) is 4.75. The van der Waals surface area contributed by atoms with Crippen LogP contribution >= 0.6 is 11.8 Å². The number of thioether (sulfide) groups is 1. The summed E-state index contributed by atoms with van der Waals surface area (Å²) in [5.41, 5.74) is 0.137. The van der Waals surface area contributed by atoms with E-state index >= 15 is 0 Å². The molecule has 1 N–H and O–H groups in total. The third-order valence-corrected chi connectivity index (χ3v) is 4.74. The quantitative estimate of drug-likeness (QED) is 0.876. The number of hydrogen-bond donors (Lipinski definition) is 1. The second-order valence-electron chi connectivity index (χ2n) is 4.75. The molecule has 0 aromatic carbocycles. The van der Waals surface area contributed by atoms with Gasteiger partial charge in [-0.15, -0.1) is 0 Å². The molecule has 3 rings (SSSR count). The standard InChI is InChI=1S/C11H17N3O2S/c1-3-15-11(2-4-17-7-11)5-9(1)12-6-10-13-8-16-14-10/h8-9,12H,1-7H2. The number of nitrogens with one attached hydrogen (secondary N) is 1. The van der Waals surface area contributed by atoms with Crippen LogP contribution < -0.4 is 5.32 Å². The molecule has 2 saturated heterocycles. The Kier molecular flexibility index (Phi) is 3.35. The van der Waals surface area contributed by atoms with Gasteiger partial charge in [0.2, 0.25) is 6.39 Å². The summed E-state index contributed by atoms with van der Waals surface area (Å²) in [6.45, 7) is 1.55. The van der Waals surface area contributed by atoms with Crippen LogP contribution in [0.3, 0.4) is 0 Å². The fraction of sp³-hybridized carbons (Fsp3) is 0.818. The Bertz CT molecular complexity index is 352. The molecule has 3 heterocycles. The zero-order valence-electron chi connectivity index (χ0n) is 9.72. The first-order valence-corrected chi connectivity index (χ1v) is 7.22. The minimum absolute atomic E-state index is 0.137. The van der Waals surface area contributed by atoms with Crippen molar-refractivity contribution in [2.45, 2.75) is 37.5 Å². The van der Waals surface area contributed by atoms with Crippen molar-refractivity contribution in [1.82, 2.24) is 15.5 Å². The van der Waals surface area contributed by atoms with E-state index in [0.717, 1.165) is 31.0 Å². The van der Waals surface area contributed by atoms with Crippen molar-refractivity contribution in [3.05, 3.63) is 12.2 Å². The van der Waals surface area contributed by atoms with Gasteiger partial charge in [0, 0.05) is 18.4 Å². The average molecular weight is 255 g/mol. The molecule has 2 fully saturated rings. The van der Waals surface area contributed by atoms with Crippen LogP contribution in [0.5, 0.6) is 0 Å². The molecule has 2 unspecified atom stereocenters. The van der Waals surface area contributed by atoms with Gasteiger partial charge < -0.3 is 14.6 Å². The third kappa shape index (κ3) is 2.64. The second kappa shape index (κ2) is 4.96. The molecule has 6 heteroatoms. The molecule has 17 heavy (non-hydrogen) atoms. The van der Waals surface area contributed by atoms with Gasteiger partial charge in [-0.05, 0) is 25.0 Å². The Balaban J connectivity index is 1.53. The van der Waals surface area contributed by atoms with Crippen molar-refractivity contribution >= 4 is 11.8 Å². The highest BCUT2D eigenvalue weighted by Gasteiger charge is 2.40. The lowest BCUT2D eigenvalue weighted by Crippen LogP contribution is -2.47. The van der Waals surface area contributed by atoms with Gasteiger partial charge in [0.1, 0.15) is 0 Å². The Morgan fingerprint density at radius 1 is 1.59 bits per heavy atom. The fourth-order valence-corrected chi connectivity index (χ4v) is 3.95. The molecule has 94 valence electrons. The van der Waals surface area contributed by atoms with Crippen LogP contribution in [0.2, 0.25) is 0 Å². The minimum Gasteiger partial charge on any atom is -0.374 e. The summed E-state index contributed by atoms with van der Waals surface area (Å²) in [5, 5.41) is 7.31. The van der Waals surface area contributed by atoms with Crippen LogP contribution in [-0.4, -0.2) is 39.9 Å². The van der Waals surface area contributed by atoms with Crippen LogP contribution in [-0.2, 0) is 11.3 Å². The van der Waals surface area contributed by atoms with Gasteiger partial charge in [-0.25, -0.2) is 0 Å². The smallest absolute Gasteiger partial charge is 0.213 e. The highest BCUT2D eigenvalue weighted by Crippen LogP contribution is 2.38. The maximum absolute atomic E-state index is 5.98. The van der Waals surface area contributed by atoms with E-state index in [-0.39, 0.29) is 5.60 Å². The summed E-state index contributed by atoms with van der Waals surface area (Å²) >= 11 is 2.00. The first-order valence-electron chi connectivity index (χ1n) is 6.07. The SMILES string of the molecule is c1nc(CNC2CCOC3(CCSC3)C2)no1. The molecule has 2 atom stereocenters. The Labute approximate surface area is 105 Å². The van der Waals surface area contributed by atoms with E-state index in [2.05, 4.69) is 15.5 Å². The zero-order valence-corrected chi connectivity index (χ0v) is 10.5. The van der Waals surface area contributed by atoms with E-state index in [4.69, 9.17) is 9.26 Å². The maximum Gasteiger partial charge on any atom is 0.213 e. The predicted octanol–water partition coefficient (Wildman–Crippen LogP) is 1.21. The average Bonchev–Trinajstić information content (AvgIpc) is 2.99. The highest BCUT2D eigenvalue weighted by atomic mass is 32.2. The molecule has 0 amide bonds. The van der Waals surface area contributed by atoms with E-state index in [9.17, 15) is 0 Å². The van der Waals surface area contributed by atoms with E-state index in [1.54, 1.807) is 0 Å². The Morgan fingerprint density at radius 2 is 2.59 bits per heavy atom. The molecule has 1 aromatic rings. The predicted molar refractivity (Wildman–Crippen MR) is 64.8 cm³/mol. The normalized spacial score (nSPS) is 33.3. The number of rotatable bonds is 3. The molecular weight excluding hydrogens is 238 g/mol. The van der Waals surface area contributed by atoms with Crippen LogP contribution in [0.4, 0.5) is 0 Å². The number of nitrogens with zero attached hydrogens (tertiary/aromatic N) is 2. The van der Waals surface area contributed by atoms with Gasteiger partial charge in [0.25, 0.3) is 0 Å². The van der Waals surface area contributed by atoms with E-state index in [0.29, 0.717) is 12.6 Å². The number of ether oxygens (including phenoxy) is 1. The highest BCUT2D eigenvalue weighted by molar-refractivity contribution is 7.99. The summed E-state index contributed by atoms with van der Waals surface area (Å²) < 4.78 is 10.7. The maximum atomic E-state index is 5.98. The zero-order chi connectivity index (χ0) is 11.6. The van der Waals surface area contributed by atoms with Crippen molar-refractivity contribution in [2.75, 3.05) is 18.1 Å². The molecule has 2 aliphatic heterocycles. The van der Waals surface area contributed by atoms with Gasteiger partial charge >= 0.3 is 0 Å². The van der Waals surface area contributed by atoms with Gasteiger partial charge in [0.05, 0.1) is 12.1 Å². The lowest BCUT2D eigenvalue weighted by molar-refractivity contribution is -0.0703. The second-order valence-corrected chi connectivity index (χ2v) is 5.86. The topological polar surface area (TPSA) is 60.2 Å². The molecule has 0 saturated carbocycles. The van der Waals surface area contributed by atoms with Crippen LogP contribution in [0.1, 0.15) is 25.1 Å². The van der Waals surface area contributed by atoms with E-state index < -0.39 is 0 Å². The van der Waals surface area contributed by atoms with Crippen molar-refractivity contribution in [1.29, 1.82) is 0 Å². The largest absolute Gasteiger partial charge is 0.374 e. The summed E-state index contributed by atoms with van der Waals surface area (Å²) in [7, 11) is 0. The van der Waals surface area contributed by atoms with Gasteiger partial charge in [-0.3, -0.25) is 0 Å². The van der Waals surface area contributed by atoms with E-state index in [1.807, 2.05) is 11.8 Å². The van der Waals surface area contributed by atoms with Crippen molar-refractivity contribution in [3.8, 4) is 0 Å². The molecule has 0 aliphatic carbocycles. The molecule has 0 bridgehead atoms. The van der Waals surface area contributed by atoms with Crippen molar-refractivity contribution in [2.24, 2.45) is 0 Å². The van der Waals surface area contributed by atoms with Gasteiger partial charge in [-0.1, -0.05) is 5.16 Å². The van der Waals surface area contributed by atoms with Crippen LogP contribution in [0.25, 0.3) is 0 Å². The Morgan fingerprint density at radius 3 is 3.35 bits per heavy atom. The van der Waals surface area contributed by atoms with Crippen molar-refractivity contribution in [3.63, 3.8) is 0 Å². The molecule has 0 radical (unpaired) electrons. The van der Waals surface area contributed by atoms with E-state index in [1.165, 1.54) is 18.6 Å². The van der Waals surface area contributed by atoms with Gasteiger partial charge in [0.15, 0.2) is 5.82 Å². The van der Waals surface area contributed by atoms with Crippen molar-refractivity contribution < 1.29 is 9.26 Å². The lowest BCUT2D eigenvalue weighted by atomic mass is 9.90. The lowest BCUT2D eigenvalue weighted by Gasteiger charge is -2.38. The number of aromatic nitrogens is 2. The number of hydrogen-bond acceptors (Lipinski definition) is 6. The molecular formula is C11H17N3O2S. The monoisotopic (exact) mass is 255 g/mol. The summed E-state index contributed by atoms with van der Waals surface area (Å²) in [5.74, 6) is 3.11. The first kappa shape index (κ1) is 11.5. The fourth-order valence-electron chi connectivity index (χ4n) is 2.57. The molecule has 5 nitrogen and oxygen atoms in total. The van der Waals surface area contributed by atoms with Crippen LogP contribution in [0, 0.1) is 0 Å². The summed E-state index contributed by atoms with van der Waals surface area (Å²) in [6, 6.07) is 0.515. The molecule has 1 aromatic heterocycles.